The minimum atomic E-state index is -0.441. The van der Waals surface area contributed by atoms with E-state index in [2.05, 4.69) is 9.37 Å². The lowest BCUT2D eigenvalue weighted by molar-refractivity contribution is -0.432. The standard InChI is InChI=1S/C30H38O7S/c31-27(34-16-29-10-18-1-19(11-29)3-20(2-18)12-29)24-7-25(9-26(8-24)38-37-36-33)28(32)35-17-30-13-21-4-22(14-30)6-23(5-21)15-30/h7-9,18-23,33H,1-6,10-17H2. The van der Waals surface area contributed by atoms with Crippen molar-refractivity contribution >= 4 is 24.0 Å². The minimum Gasteiger partial charge on any atom is -0.462 e. The lowest BCUT2D eigenvalue weighted by atomic mass is 9.50. The third kappa shape index (κ3) is 4.91. The fourth-order valence-corrected chi connectivity index (χ4v) is 10.9. The Morgan fingerprint density at radius 1 is 0.684 bits per heavy atom. The summed E-state index contributed by atoms with van der Waals surface area (Å²) in [5, 5.41) is 12.4. The number of carbonyl (C=O) groups is 2. The summed E-state index contributed by atoms with van der Waals surface area (Å²) in [4.78, 5) is 26.9. The van der Waals surface area contributed by atoms with Crippen LogP contribution >= 0.6 is 12.0 Å². The van der Waals surface area contributed by atoms with E-state index in [9.17, 15) is 9.59 Å². The molecular formula is C30H38O7S. The predicted molar refractivity (Wildman–Crippen MR) is 139 cm³/mol. The van der Waals surface area contributed by atoms with Gasteiger partial charge in [0.05, 0.1) is 36.4 Å². The van der Waals surface area contributed by atoms with Gasteiger partial charge in [0.1, 0.15) is 0 Å². The zero-order valence-corrected chi connectivity index (χ0v) is 22.7. The SMILES string of the molecule is O=C(OCC12CC3CC(CC(C3)C1)C2)c1cc(SOOO)cc(C(=O)OCC23CC4CC(CC(C4)C2)C3)c1. The third-order valence-corrected chi connectivity index (χ3v) is 11.4. The molecule has 8 fully saturated rings. The van der Waals surface area contributed by atoms with E-state index in [1.165, 1.54) is 38.5 Å². The summed E-state index contributed by atoms with van der Waals surface area (Å²) in [5.41, 5.74) is 0.792. The highest BCUT2D eigenvalue weighted by molar-refractivity contribution is 7.94. The van der Waals surface area contributed by atoms with Crippen molar-refractivity contribution in [3.8, 4) is 0 Å². The highest BCUT2D eigenvalue weighted by Crippen LogP contribution is 2.61. The van der Waals surface area contributed by atoms with Crippen LogP contribution in [0.1, 0.15) is 97.8 Å². The number of esters is 2. The number of benzene rings is 1. The summed E-state index contributed by atoms with van der Waals surface area (Å²) in [7, 11) is 0. The van der Waals surface area contributed by atoms with Gasteiger partial charge in [0, 0.05) is 15.7 Å². The number of hydrogen-bond acceptors (Lipinski definition) is 8. The summed E-state index contributed by atoms with van der Waals surface area (Å²) >= 11 is 0.727. The smallest absolute Gasteiger partial charge is 0.338 e. The molecule has 0 atom stereocenters. The van der Waals surface area contributed by atoms with Crippen molar-refractivity contribution in [3.05, 3.63) is 29.3 Å². The first kappa shape index (κ1) is 25.4. The maximum atomic E-state index is 13.2. The minimum absolute atomic E-state index is 0.115. The Morgan fingerprint density at radius 3 is 1.39 bits per heavy atom. The fraction of sp³-hybridized carbons (Fsp3) is 0.733. The van der Waals surface area contributed by atoms with E-state index in [0.717, 1.165) is 86.1 Å². The van der Waals surface area contributed by atoms with Gasteiger partial charge < -0.3 is 9.47 Å². The molecule has 1 aromatic carbocycles. The second-order valence-electron chi connectivity index (χ2n) is 14.0. The van der Waals surface area contributed by atoms with Crippen molar-refractivity contribution in [2.75, 3.05) is 13.2 Å². The van der Waals surface area contributed by atoms with E-state index in [1.54, 1.807) is 18.2 Å². The molecule has 0 aromatic heterocycles. The molecule has 8 aliphatic carbocycles. The van der Waals surface area contributed by atoms with Gasteiger partial charge in [-0.1, -0.05) is 5.04 Å². The molecule has 0 aliphatic heterocycles. The predicted octanol–water partition coefficient (Wildman–Crippen LogP) is 6.86. The van der Waals surface area contributed by atoms with E-state index >= 15 is 0 Å². The molecule has 1 N–H and O–H groups in total. The summed E-state index contributed by atoms with van der Waals surface area (Å²) in [6, 6.07) is 4.76. The second-order valence-corrected chi connectivity index (χ2v) is 14.7. The van der Waals surface area contributed by atoms with Crippen LogP contribution in [0.4, 0.5) is 0 Å². The van der Waals surface area contributed by atoms with Crippen LogP contribution in [0.25, 0.3) is 0 Å². The first-order valence-corrected chi connectivity index (χ1v) is 15.3. The largest absolute Gasteiger partial charge is 0.462 e. The van der Waals surface area contributed by atoms with Gasteiger partial charge in [-0.2, -0.15) is 0 Å². The van der Waals surface area contributed by atoms with E-state index in [4.69, 9.17) is 14.7 Å². The Kier molecular flexibility index (Phi) is 6.53. The Hall–Kier alpha value is -1.61. The van der Waals surface area contributed by atoms with Gasteiger partial charge in [0.25, 0.3) is 0 Å². The first-order chi connectivity index (χ1) is 18.4. The van der Waals surface area contributed by atoms with Crippen molar-refractivity contribution in [3.63, 3.8) is 0 Å². The van der Waals surface area contributed by atoms with E-state index in [0.29, 0.717) is 18.1 Å². The molecule has 9 rings (SSSR count). The maximum Gasteiger partial charge on any atom is 0.338 e. The molecule has 0 saturated heterocycles. The molecular weight excluding hydrogens is 504 g/mol. The van der Waals surface area contributed by atoms with Crippen molar-refractivity contribution in [2.24, 2.45) is 46.3 Å². The maximum absolute atomic E-state index is 13.2. The molecule has 8 heteroatoms. The summed E-state index contributed by atoms with van der Waals surface area (Å²) < 4.78 is 16.4. The number of carbonyl (C=O) groups excluding carboxylic acids is 2. The van der Waals surface area contributed by atoms with E-state index in [-0.39, 0.29) is 22.0 Å². The lowest BCUT2D eigenvalue weighted by Gasteiger charge is -2.56. The number of rotatable bonds is 9. The van der Waals surface area contributed by atoms with E-state index in [1.807, 2.05) is 0 Å². The van der Waals surface area contributed by atoms with Gasteiger partial charge in [-0.05, 0) is 131 Å². The lowest BCUT2D eigenvalue weighted by Crippen LogP contribution is -2.48. The van der Waals surface area contributed by atoms with Crippen molar-refractivity contribution < 1.29 is 33.7 Å². The molecule has 0 unspecified atom stereocenters. The van der Waals surface area contributed by atoms with Crippen LogP contribution in [0.2, 0.25) is 0 Å². The van der Waals surface area contributed by atoms with Crippen molar-refractivity contribution in [1.82, 2.24) is 0 Å². The van der Waals surface area contributed by atoms with Gasteiger partial charge in [0.15, 0.2) is 0 Å². The van der Waals surface area contributed by atoms with Crippen LogP contribution in [0.3, 0.4) is 0 Å². The highest BCUT2D eigenvalue weighted by atomic mass is 32.2. The van der Waals surface area contributed by atoms with Crippen LogP contribution in [0.5, 0.6) is 0 Å². The molecule has 8 saturated carbocycles. The quantitative estimate of drug-likeness (QED) is 0.157. The molecule has 38 heavy (non-hydrogen) atoms. The van der Waals surface area contributed by atoms with Crippen molar-refractivity contribution in [2.45, 2.75) is 81.9 Å². The molecule has 206 valence electrons. The van der Waals surface area contributed by atoms with Gasteiger partial charge in [0.2, 0.25) is 0 Å². The van der Waals surface area contributed by atoms with Crippen molar-refractivity contribution in [1.29, 1.82) is 0 Å². The third-order valence-electron chi connectivity index (χ3n) is 10.9. The number of hydrogen-bond donors (Lipinski definition) is 1. The Labute approximate surface area is 228 Å². The summed E-state index contributed by atoms with van der Waals surface area (Å²) in [5.74, 6) is 3.82. The van der Waals surface area contributed by atoms with Crippen LogP contribution < -0.4 is 0 Å². The Bertz CT molecular complexity index is 951. The summed E-state index contributed by atoms with van der Waals surface area (Å²) in [6.45, 7) is 0.878. The second kappa shape index (κ2) is 9.79. The normalized spacial score (nSPS) is 39.9. The zero-order chi connectivity index (χ0) is 25.9. The highest BCUT2D eigenvalue weighted by Gasteiger charge is 2.52. The zero-order valence-electron chi connectivity index (χ0n) is 21.9. The molecule has 0 heterocycles. The van der Waals surface area contributed by atoms with E-state index < -0.39 is 11.9 Å². The Balaban J connectivity index is 1.04. The molecule has 0 spiro atoms. The summed E-state index contributed by atoms with van der Waals surface area (Å²) in [6.07, 6.45) is 15.0. The van der Waals surface area contributed by atoms with Crippen LogP contribution in [-0.4, -0.2) is 30.4 Å². The molecule has 7 nitrogen and oxygen atoms in total. The number of ether oxygens (including phenoxy) is 2. The van der Waals surface area contributed by atoms with Gasteiger partial charge in [-0.3, -0.25) is 0 Å². The van der Waals surface area contributed by atoms with Crippen LogP contribution in [-0.2, 0) is 18.8 Å². The van der Waals surface area contributed by atoms with Crippen LogP contribution in [0.15, 0.2) is 23.1 Å². The topological polar surface area (TPSA) is 91.3 Å². The molecule has 1 aromatic rings. The van der Waals surface area contributed by atoms with Crippen LogP contribution in [0, 0.1) is 46.3 Å². The van der Waals surface area contributed by atoms with Gasteiger partial charge >= 0.3 is 11.9 Å². The monoisotopic (exact) mass is 542 g/mol. The average Bonchev–Trinajstić information content (AvgIpc) is 2.87. The van der Waals surface area contributed by atoms with Gasteiger partial charge in [-0.25, -0.2) is 14.8 Å². The first-order valence-electron chi connectivity index (χ1n) is 14.5. The molecule has 8 bridgehead atoms. The molecule has 0 amide bonds. The molecule has 8 aliphatic rings. The fourth-order valence-electron chi connectivity index (χ4n) is 10.5. The average molecular weight is 543 g/mol. The molecule has 0 radical (unpaired) electrons. The van der Waals surface area contributed by atoms with Gasteiger partial charge in [-0.15, -0.1) is 4.33 Å². The Morgan fingerprint density at radius 2 is 1.05 bits per heavy atom.